The number of para-hydroxylation sites is 1. The first-order valence-corrected chi connectivity index (χ1v) is 9.72. The molecule has 4 aromatic rings. The summed E-state index contributed by atoms with van der Waals surface area (Å²) in [4.78, 5) is 23.4. The number of phenolic OH excluding ortho intramolecular Hbond substituents is 1. The Balaban J connectivity index is 1.80. The highest BCUT2D eigenvalue weighted by atomic mass is 16.6. The van der Waals surface area contributed by atoms with Gasteiger partial charge in [0, 0.05) is 23.2 Å². The van der Waals surface area contributed by atoms with Crippen LogP contribution in [-0.2, 0) is 0 Å². The number of rotatable bonds is 5. The van der Waals surface area contributed by atoms with Gasteiger partial charge in [-0.2, -0.15) is 0 Å². The number of fused-ring (bicyclic) bond motifs is 1. The molecule has 0 bridgehead atoms. The fraction of sp³-hybridized carbons (Fsp3) is 0.0417. The van der Waals surface area contributed by atoms with Gasteiger partial charge in [-0.05, 0) is 36.1 Å². The van der Waals surface area contributed by atoms with Crippen LogP contribution in [0, 0.1) is 17.0 Å². The maximum atomic E-state index is 12.9. The lowest BCUT2D eigenvalue weighted by molar-refractivity contribution is -0.384. The van der Waals surface area contributed by atoms with E-state index in [9.17, 15) is 20.0 Å². The van der Waals surface area contributed by atoms with E-state index in [1.165, 1.54) is 12.1 Å². The summed E-state index contributed by atoms with van der Waals surface area (Å²) >= 11 is 0. The smallest absolute Gasteiger partial charge is 0.271 e. The van der Waals surface area contributed by atoms with Crippen molar-refractivity contribution in [2.75, 3.05) is 5.32 Å². The molecule has 0 saturated heterocycles. The van der Waals surface area contributed by atoms with E-state index >= 15 is 0 Å². The van der Waals surface area contributed by atoms with Gasteiger partial charge in [0.05, 0.1) is 16.2 Å². The molecule has 2 N–H and O–H groups in total. The summed E-state index contributed by atoms with van der Waals surface area (Å²) in [5.41, 5.74) is 1.59. The van der Waals surface area contributed by atoms with Crippen molar-refractivity contribution in [3.05, 3.63) is 100 Å². The monoisotopic (exact) mass is 426 g/mol. The third kappa shape index (κ3) is 4.15. The number of aromatic hydroxyl groups is 1. The lowest BCUT2D eigenvalue weighted by atomic mass is 10.0. The molecule has 0 aliphatic heterocycles. The molecule has 0 spiro atoms. The number of azo groups is 1. The predicted molar refractivity (Wildman–Crippen MR) is 122 cm³/mol. The molecule has 0 aliphatic carbocycles. The molecule has 0 fully saturated rings. The molecular formula is C24H18N4O4. The fourth-order valence-corrected chi connectivity index (χ4v) is 3.23. The van der Waals surface area contributed by atoms with Crippen molar-refractivity contribution < 1.29 is 14.8 Å². The van der Waals surface area contributed by atoms with Crippen molar-refractivity contribution in [1.29, 1.82) is 0 Å². The SMILES string of the molecule is Cc1ccc([N+](=O)[O-])cc1N=Nc1c(O)c(C(=O)Nc2ccccc2)cc2ccccc12. The van der Waals surface area contributed by atoms with Crippen LogP contribution in [0.2, 0.25) is 0 Å². The lowest BCUT2D eigenvalue weighted by Crippen LogP contribution is -2.12. The Labute approximate surface area is 183 Å². The first-order valence-electron chi connectivity index (χ1n) is 9.72. The number of hydrogen-bond acceptors (Lipinski definition) is 6. The molecule has 0 atom stereocenters. The summed E-state index contributed by atoms with van der Waals surface area (Å²) in [5, 5.41) is 34.3. The summed E-state index contributed by atoms with van der Waals surface area (Å²) in [6, 6.07) is 21.9. The minimum absolute atomic E-state index is 0.0391. The molecule has 158 valence electrons. The van der Waals surface area contributed by atoms with E-state index < -0.39 is 10.8 Å². The molecule has 0 heterocycles. The quantitative estimate of drug-likeness (QED) is 0.217. The van der Waals surface area contributed by atoms with Crippen LogP contribution in [-0.4, -0.2) is 15.9 Å². The fourth-order valence-electron chi connectivity index (χ4n) is 3.23. The minimum Gasteiger partial charge on any atom is -0.505 e. The Morgan fingerprint density at radius 1 is 0.969 bits per heavy atom. The number of anilines is 1. The summed E-state index contributed by atoms with van der Waals surface area (Å²) in [6.45, 7) is 1.75. The number of carbonyl (C=O) groups excluding carboxylic acids is 1. The second kappa shape index (κ2) is 8.65. The average molecular weight is 426 g/mol. The zero-order valence-electron chi connectivity index (χ0n) is 17.0. The van der Waals surface area contributed by atoms with Gasteiger partial charge in [-0.25, -0.2) is 0 Å². The largest absolute Gasteiger partial charge is 0.505 e. The van der Waals surface area contributed by atoms with E-state index in [4.69, 9.17) is 0 Å². The Kier molecular flexibility index (Phi) is 5.59. The molecule has 32 heavy (non-hydrogen) atoms. The third-order valence-electron chi connectivity index (χ3n) is 4.93. The standard InChI is InChI=1S/C24H18N4O4/c1-15-11-12-18(28(31)32)14-21(15)26-27-22-19-10-6-5-7-16(19)13-20(23(22)29)24(30)25-17-8-3-2-4-9-17/h2-14,29H,1H3,(H,25,30). The minimum atomic E-state index is -0.514. The van der Waals surface area contributed by atoms with Crippen LogP contribution in [0.15, 0.2) is 89.1 Å². The topological polar surface area (TPSA) is 117 Å². The number of carbonyl (C=O) groups is 1. The highest BCUT2D eigenvalue weighted by Gasteiger charge is 2.19. The second-order valence-corrected chi connectivity index (χ2v) is 7.09. The van der Waals surface area contributed by atoms with Crippen LogP contribution in [0.3, 0.4) is 0 Å². The van der Waals surface area contributed by atoms with Crippen molar-refractivity contribution in [3.63, 3.8) is 0 Å². The first-order chi connectivity index (χ1) is 15.4. The van der Waals surface area contributed by atoms with Crippen LogP contribution in [0.4, 0.5) is 22.7 Å². The van der Waals surface area contributed by atoms with Gasteiger partial charge in [-0.3, -0.25) is 14.9 Å². The van der Waals surface area contributed by atoms with Crippen LogP contribution in [0.1, 0.15) is 15.9 Å². The maximum absolute atomic E-state index is 12.9. The zero-order valence-corrected chi connectivity index (χ0v) is 17.0. The Morgan fingerprint density at radius 3 is 2.44 bits per heavy atom. The van der Waals surface area contributed by atoms with Gasteiger partial charge < -0.3 is 10.4 Å². The summed E-state index contributed by atoms with van der Waals surface area (Å²) in [6.07, 6.45) is 0. The number of aryl methyl sites for hydroxylation is 1. The second-order valence-electron chi connectivity index (χ2n) is 7.09. The third-order valence-corrected chi connectivity index (χ3v) is 4.93. The number of nitrogens with zero attached hydrogens (tertiary/aromatic N) is 3. The number of nitro groups is 1. The molecular weight excluding hydrogens is 408 g/mol. The Bertz CT molecular complexity index is 1370. The molecule has 8 heteroatoms. The van der Waals surface area contributed by atoms with Gasteiger partial charge in [-0.1, -0.05) is 48.5 Å². The predicted octanol–water partition coefficient (Wildman–Crippen LogP) is 6.43. The average Bonchev–Trinajstić information content (AvgIpc) is 2.79. The van der Waals surface area contributed by atoms with Gasteiger partial charge in [0.1, 0.15) is 5.69 Å². The van der Waals surface area contributed by atoms with Crippen LogP contribution in [0.25, 0.3) is 10.8 Å². The highest BCUT2D eigenvalue weighted by molar-refractivity contribution is 6.11. The van der Waals surface area contributed by atoms with Crippen molar-refractivity contribution in [1.82, 2.24) is 0 Å². The van der Waals surface area contributed by atoms with Crippen molar-refractivity contribution in [2.45, 2.75) is 6.92 Å². The molecule has 8 nitrogen and oxygen atoms in total. The summed E-state index contributed by atoms with van der Waals surface area (Å²) < 4.78 is 0. The molecule has 4 aromatic carbocycles. The van der Waals surface area contributed by atoms with E-state index in [1.54, 1.807) is 61.5 Å². The van der Waals surface area contributed by atoms with Crippen LogP contribution in [0.5, 0.6) is 5.75 Å². The number of hydrogen-bond donors (Lipinski definition) is 2. The van der Waals surface area contributed by atoms with E-state index in [-0.39, 0.29) is 22.7 Å². The van der Waals surface area contributed by atoms with E-state index in [0.29, 0.717) is 27.7 Å². The molecule has 1 amide bonds. The molecule has 0 aromatic heterocycles. The lowest BCUT2D eigenvalue weighted by Gasteiger charge is -2.11. The number of non-ortho nitro benzene ring substituents is 1. The highest BCUT2D eigenvalue weighted by Crippen LogP contribution is 2.40. The van der Waals surface area contributed by atoms with Gasteiger partial charge in [0.2, 0.25) is 0 Å². The number of nitro benzene ring substituents is 1. The maximum Gasteiger partial charge on any atom is 0.271 e. The molecule has 0 aliphatic rings. The van der Waals surface area contributed by atoms with Crippen molar-refractivity contribution >= 4 is 39.4 Å². The molecule has 4 rings (SSSR count). The number of nitrogens with one attached hydrogen (secondary N) is 1. The van der Waals surface area contributed by atoms with E-state index in [0.717, 1.165) is 0 Å². The van der Waals surface area contributed by atoms with Crippen LogP contribution < -0.4 is 5.32 Å². The number of benzene rings is 4. The van der Waals surface area contributed by atoms with Gasteiger partial charge >= 0.3 is 0 Å². The summed E-state index contributed by atoms with van der Waals surface area (Å²) in [5.74, 6) is -0.827. The Hall–Kier alpha value is -4.59. The molecule has 0 unspecified atom stereocenters. The zero-order chi connectivity index (χ0) is 22.7. The first kappa shape index (κ1) is 20.7. The molecule has 0 radical (unpaired) electrons. The Morgan fingerprint density at radius 2 is 1.69 bits per heavy atom. The van der Waals surface area contributed by atoms with E-state index in [1.807, 2.05) is 12.1 Å². The van der Waals surface area contributed by atoms with Crippen LogP contribution >= 0.6 is 0 Å². The number of amides is 1. The molecule has 0 saturated carbocycles. The van der Waals surface area contributed by atoms with E-state index in [2.05, 4.69) is 15.5 Å². The summed E-state index contributed by atoms with van der Waals surface area (Å²) in [7, 11) is 0. The van der Waals surface area contributed by atoms with Crippen molar-refractivity contribution in [2.24, 2.45) is 10.2 Å². The number of phenols is 1. The van der Waals surface area contributed by atoms with Crippen molar-refractivity contribution in [3.8, 4) is 5.75 Å². The van der Waals surface area contributed by atoms with Gasteiger partial charge in [0.25, 0.3) is 11.6 Å². The van der Waals surface area contributed by atoms with Gasteiger partial charge in [0.15, 0.2) is 5.75 Å². The normalized spacial score (nSPS) is 11.0. The van der Waals surface area contributed by atoms with Gasteiger partial charge in [-0.15, -0.1) is 10.2 Å².